The topological polar surface area (TPSA) is 141 Å². The van der Waals surface area contributed by atoms with Crippen LogP contribution in [-0.4, -0.2) is 51.6 Å². The number of anilines is 2. The minimum atomic E-state index is -1.02. The molecule has 0 aliphatic carbocycles. The van der Waals surface area contributed by atoms with Crippen LogP contribution in [0.2, 0.25) is 0 Å². The van der Waals surface area contributed by atoms with E-state index in [1.54, 1.807) is 30.6 Å². The van der Waals surface area contributed by atoms with E-state index in [4.69, 9.17) is 19.1 Å². The van der Waals surface area contributed by atoms with Crippen LogP contribution in [0.4, 0.5) is 16.3 Å². The number of carbonyl (C=O) groups is 2. The van der Waals surface area contributed by atoms with Crippen molar-refractivity contribution in [2.45, 2.75) is 26.2 Å². The van der Waals surface area contributed by atoms with Gasteiger partial charge in [0.25, 0.3) is 0 Å². The summed E-state index contributed by atoms with van der Waals surface area (Å²) in [4.78, 5) is 27.2. The average molecular weight is 494 g/mol. The van der Waals surface area contributed by atoms with Gasteiger partial charge in [-0.15, -0.1) is 0 Å². The van der Waals surface area contributed by atoms with Gasteiger partial charge in [0.15, 0.2) is 5.82 Å². The molecule has 0 aliphatic rings. The first-order valence-electron chi connectivity index (χ1n) is 11.2. The molecule has 0 aliphatic heterocycles. The van der Waals surface area contributed by atoms with E-state index in [-0.39, 0.29) is 25.2 Å². The first kappa shape index (κ1) is 24.7. The molecule has 0 saturated carbocycles. The molecule has 0 bridgehead atoms. The Morgan fingerprint density at radius 3 is 2.53 bits per heavy atom. The number of amides is 2. The van der Waals surface area contributed by atoms with E-state index in [2.05, 4.69) is 20.8 Å². The van der Waals surface area contributed by atoms with Crippen molar-refractivity contribution in [3.63, 3.8) is 0 Å². The third-order valence-corrected chi connectivity index (χ3v) is 5.13. The molecule has 0 unspecified atom stereocenters. The van der Waals surface area contributed by atoms with Crippen LogP contribution in [-0.2, 0) is 14.9 Å². The third-order valence-electron chi connectivity index (χ3n) is 5.13. The van der Waals surface area contributed by atoms with Crippen molar-refractivity contribution in [1.82, 2.24) is 14.7 Å². The zero-order chi connectivity index (χ0) is 25.7. The number of ether oxygens (including phenoxy) is 2. The van der Waals surface area contributed by atoms with E-state index in [0.717, 1.165) is 16.7 Å². The first-order chi connectivity index (χ1) is 17.2. The number of carbonyl (C=O) groups excluding carboxylic acids is 1. The number of imidazole rings is 1. The Kier molecular flexibility index (Phi) is 7.20. The van der Waals surface area contributed by atoms with Crippen molar-refractivity contribution >= 4 is 34.5 Å². The first-order valence-corrected chi connectivity index (χ1v) is 11.2. The summed E-state index contributed by atoms with van der Waals surface area (Å²) in [6, 6.07) is 14.1. The van der Waals surface area contributed by atoms with Crippen molar-refractivity contribution in [2.75, 3.05) is 30.5 Å². The van der Waals surface area contributed by atoms with Gasteiger partial charge in [0.05, 0.1) is 17.6 Å². The molecule has 4 aromatic rings. The van der Waals surface area contributed by atoms with Crippen molar-refractivity contribution < 1.29 is 28.7 Å². The van der Waals surface area contributed by atoms with Crippen LogP contribution in [0, 0.1) is 0 Å². The van der Waals surface area contributed by atoms with E-state index in [9.17, 15) is 9.59 Å². The Balaban J connectivity index is 1.35. The molecule has 11 nitrogen and oxygen atoms in total. The quantitative estimate of drug-likeness (QED) is 0.291. The third kappa shape index (κ3) is 6.19. The molecular weight excluding hydrogens is 466 g/mol. The molecule has 11 heteroatoms. The number of rotatable bonds is 9. The number of benzene rings is 2. The van der Waals surface area contributed by atoms with Gasteiger partial charge in [0, 0.05) is 28.9 Å². The van der Waals surface area contributed by atoms with Gasteiger partial charge in [0.2, 0.25) is 0 Å². The minimum absolute atomic E-state index is 0.174. The van der Waals surface area contributed by atoms with Crippen LogP contribution < -0.4 is 15.4 Å². The molecule has 36 heavy (non-hydrogen) atoms. The Morgan fingerprint density at radius 2 is 1.83 bits per heavy atom. The Hall–Kier alpha value is -4.38. The fourth-order valence-electron chi connectivity index (χ4n) is 3.34. The second-order valence-electron chi connectivity index (χ2n) is 9.01. The highest BCUT2D eigenvalue weighted by Gasteiger charge is 2.20. The molecule has 0 saturated heterocycles. The lowest BCUT2D eigenvalue weighted by Gasteiger charge is -2.12. The summed E-state index contributed by atoms with van der Waals surface area (Å²) in [7, 11) is 0. The Morgan fingerprint density at radius 1 is 1.06 bits per heavy atom. The molecule has 0 atom stereocenters. The molecule has 0 radical (unpaired) electrons. The molecule has 3 N–H and O–H groups in total. The summed E-state index contributed by atoms with van der Waals surface area (Å²) in [6.45, 7) is 6.05. The van der Waals surface area contributed by atoms with Gasteiger partial charge in [0.1, 0.15) is 31.1 Å². The zero-order valence-electron chi connectivity index (χ0n) is 20.1. The summed E-state index contributed by atoms with van der Waals surface area (Å²) >= 11 is 0. The highest BCUT2D eigenvalue weighted by Crippen LogP contribution is 2.25. The fourth-order valence-corrected chi connectivity index (χ4v) is 3.34. The zero-order valence-corrected chi connectivity index (χ0v) is 20.1. The Bertz CT molecular complexity index is 1350. The standard InChI is InChI=1S/C25H27N5O6/c1-25(2,3)21-13-22(29-36-21)28-24(33)27-16-4-6-17(7-5-16)30-15-26-19-12-18(8-9-20(19)30)35-11-10-34-14-23(31)32/h4-9,12-13,15H,10-11,14H2,1-3H3,(H,31,32)(H2,27,28,29,33). The van der Waals surface area contributed by atoms with Crippen LogP contribution in [0.15, 0.2) is 59.4 Å². The van der Waals surface area contributed by atoms with E-state index >= 15 is 0 Å². The van der Waals surface area contributed by atoms with Crippen LogP contribution in [0.5, 0.6) is 5.75 Å². The lowest BCUT2D eigenvalue weighted by Crippen LogP contribution is -2.19. The summed E-state index contributed by atoms with van der Waals surface area (Å²) < 4.78 is 17.8. The highest BCUT2D eigenvalue weighted by atomic mass is 16.5. The van der Waals surface area contributed by atoms with Gasteiger partial charge in [-0.1, -0.05) is 25.9 Å². The molecule has 188 valence electrons. The van der Waals surface area contributed by atoms with Gasteiger partial charge in [-0.3, -0.25) is 9.88 Å². The van der Waals surface area contributed by atoms with Crippen LogP contribution in [0.1, 0.15) is 26.5 Å². The fraction of sp³-hybridized carbons (Fsp3) is 0.280. The molecule has 2 heterocycles. The summed E-state index contributed by atoms with van der Waals surface area (Å²) in [5, 5.41) is 17.9. The lowest BCUT2D eigenvalue weighted by molar-refractivity contribution is -0.142. The number of carboxylic acids is 1. The molecule has 2 amide bonds. The normalized spacial score (nSPS) is 11.4. The molecule has 0 fully saturated rings. The highest BCUT2D eigenvalue weighted by molar-refractivity contribution is 5.99. The molecule has 0 spiro atoms. The van der Waals surface area contributed by atoms with Gasteiger partial charge in [-0.05, 0) is 36.4 Å². The van der Waals surface area contributed by atoms with Gasteiger partial charge < -0.3 is 24.4 Å². The number of fused-ring (bicyclic) bond motifs is 1. The monoisotopic (exact) mass is 493 g/mol. The summed E-state index contributed by atoms with van der Waals surface area (Å²) in [5.74, 6) is 0.613. The predicted octanol–water partition coefficient (Wildman–Crippen LogP) is 4.44. The van der Waals surface area contributed by atoms with Crippen molar-refractivity contribution in [3.8, 4) is 11.4 Å². The number of urea groups is 1. The number of nitrogens with one attached hydrogen (secondary N) is 2. The van der Waals surface area contributed by atoms with Crippen molar-refractivity contribution in [3.05, 3.63) is 60.6 Å². The maximum absolute atomic E-state index is 12.3. The predicted molar refractivity (Wildman–Crippen MR) is 133 cm³/mol. The van der Waals surface area contributed by atoms with E-state index < -0.39 is 12.0 Å². The van der Waals surface area contributed by atoms with Gasteiger partial charge in [-0.25, -0.2) is 14.6 Å². The van der Waals surface area contributed by atoms with Crippen molar-refractivity contribution in [2.24, 2.45) is 0 Å². The number of hydrogen-bond acceptors (Lipinski definition) is 7. The molecule has 2 aromatic carbocycles. The van der Waals surface area contributed by atoms with Gasteiger partial charge >= 0.3 is 12.0 Å². The SMILES string of the molecule is CC(C)(C)c1cc(NC(=O)Nc2ccc(-n3cnc4cc(OCCOCC(=O)O)ccc43)cc2)no1. The maximum atomic E-state index is 12.3. The molecular formula is C25H27N5O6. The van der Waals surface area contributed by atoms with E-state index in [1.165, 1.54) is 0 Å². The van der Waals surface area contributed by atoms with Crippen molar-refractivity contribution in [1.29, 1.82) is 0 Å². The van der Waals surface area contributed by atoms with Crippen LogP contribution >= 0.6 is 0 Å². The van der Waals surface area contributed by atoms with E-state index in [0.29, 0.717) is 23.0 Å². The van der Waals surface area contributed by atoms with Crippen LogP contribution in [0.25, 0.3) is 16.7 Å². The van der Waals surface area contributed by atoms with Crippen LogP contribution in [0.3, 0.4) is 0 Å². The second-order valence-corrected chi connectivity index (χ2v) is 9.01. The Labute approximate surface area is 207 Å². The number of hydrogen-bond donors (Lipinski definition) is 3. The second kappa shape index (κ2) is 10.5. The molecule has 4 rings (SSSR count). The maximum Gasteiger partial charge on any atom is 0.329 e. The summed E-state index contributed by atoms with van der Waals surface area (Å²) in [6.07, 6.45) is 1.71. The largest absolute Gasteiger partial charge is 0.491 e. The molecule has 2 aromatic heterocycles. The minimum Gasteiger partial charge on any atom is -0.491 e. The lowest BCUT2D eigenvalue weighted by atomic mass is 9.93. The van der Waals surface area contributed by atoms with E-state index in [1.807, 2.05) is 49.6 Å². The number of aromatic nitrogens is 3. The summed E-state index contributed by atoms with van der Waals surface area (Å²) in [5.41, 5.74) is 2.89. The van der Waals surface area contributed by atoms with Gasteiger partial charge in [-0.2, -0.15) is 0 Å². The average Bonchev–Trinajstić information content (AvgIpc) is 3.46. The number of nitrogens with zero attached hydrogens (tertiary/aromatic N) is 3. The smallest absolute Gasteiger partial charge is 0.329 e. The number of carboxylic acid groups (broad SMARTS) is 1. The number of aliphatic carboxylic acids is 1.